The van der Waals surface area contributed by atoms with Crippen LogP contribution in [0.15, 0.2) is 24.3 Å². The Bertz CT molecular complexity index is 983. The number of benzene rings is 1. The van der Waals surface area contributed by atoms with Gasteiger partial charge in [-0.2, -0.15) is 0 Å². The summed E-state index contributed by atoms with van der Waals surface area (Å²) < 4.78 is 0. The lowest BCUT2D eigenvalue weighted by Gasteiger charge is -2.33. The SMILES string of the molecule is O=C(Nc1cccc(Cl)c1)c1nnc(C(=O)N2CCC(CC(=O)N3CCCCC3)CC2)s1. The van der Waals surface area contributed by atoms with Crippen LogP contribution in [0.3, 0.4) is 0 Å². The molecule has 1 aromatic carbocycles. The van der Waals surface area contributed by atoms with Crippen LogP contribution in [0.25, 0.3) is 0 Å². The third kappa shape index (κ3) is 5.63. The van der Waals surface area contributed by atoms with Crippen molar-refractivity contribution in [3.05, 3.63) is 39.3 Å². The zero-order valence-electron chi connectivity index (χ0n) is 17.8. The molecule has 32 heavy (non-hydrogen) atoms. The molecular formula is C22H26ClN5O3S. The van der Waals surface area contributed by atoms with Crippen molar-refractivity contribution in [3.63, 3.8) is 0 Å². The molecule has 2 aromatic rings. The minimum Gasteiger partial charge on any atom is -0.343 e. The van der Waals surface area contributed by atoms with Crippen LogP contribution in [-0.2, 0) is 4.79 Å². The Morgan fingerprint density at radius 3 is 2.44 bits per heavy atom. The van der Waals surface area contributed by atoms with E-state index in [0.717, 1.165) is 50.1 Å². The molecule has 3 heterocycles. The lowest BCUT2D eigenvalue weighted by atomic mass is 9.92. The molecule has 0 bridgehead atoms. The Kier molecular flexibility index (Phi) is 7.36. The second-order valence-corrected chi connectivity index (χ2v) is 9.67. The van der Waals surface area contributed by atoms with Crippen molar-refractivity contribution in [1.29, 1.82) is 0 Å². The van der Waals surface area contributed by atoms with Crippen LogP contribution >= 0.6 is 22.9 Å². The number of halogens is 1. The first kappa shape index (κ1) is 22.7. The van der Waals surface area contributed by atoms with Gasteiger partial charge in [-0.15, -0.1) is 10.2 Å². The predicted molar refractivity (Wildman–Crippen MR) is 123 cm³/mol. The van der Waals surface area contributed by atoms with Crippen LogP contribution < -0.4 is 5.32 Å². The van der Waals surface area contributed by atoms with Crippen LogP contribution in [0.5, 0.6) is 0 Å². The number of aromatic nitrogens is 2. The molecule has 0 saturated carbocycles. The molecule has 0 spiro atoms. The lowest BCUT2D eigenvalue weighted by Crippen LogP contribution is -2.41. The molecule has 10 heteroatoms. The Balaban J connectivity index is 1.27. The van der Waals surface area contributed by atoms with E-state index in [-0.39, 0.29) is 21.8 Å². The van der Waals surface area contributed by atoms with Crippen molar-refractivity contribution >= 4 is 46.3 Å². The summed E-state index contributed by atoms with van der Waals surface area (Å²) in [5, 5.41) is 11.3. The van der Waals surface area contributed by atoms with E-state index >= 15 is 0 Å². The average molecular weight is 476 g/mol. The third-order valence-electron chi connectivity index (χ3n) is 5.96. The highest BCUT2D eigenvalue weighted by molar-refractivity contribution is 7.15. The summed E-state index contributed by atoms with van der Waals surface area (Å²) in [5.74, 6) is -0.0975. The van der Waals surface area contributed by atoms with Crippen molar-refractivity contribution < 1.29 is 14.4 Å². The Morgan fingerprint density at radius 1 is 1.00 bits per heavy atom. The number of carbonyl (C=O) groups is 3. The highest BCUT2D eigenvalue weighted by atomic mass is 35.5. The molecule has 3 amide bonds. The number of piperidine rings is 2. The topological polar surface area (TPSA) is 95.5 Å². The minimum atomic E-state index is -0.432. The van der Waals surface area contributed by atoms with Crippen molar-refractivity contribution in [2.24, 2.45) is 5.92 Å². The number of likely N-dealkylation sites (tertiary alicyclic amines) is 2. The Labute approximate surface area is 195 Å². The highest BCUT2D eigenvalue weighted by Gasteiger charge is 2.29. The summed E-state index contributed by atoms with van der Waals surface area (Å²) >= 11 is 6.91. The summed E-state index contributed by atoms with van der Waals surface area (Å²) in [6, 6.07) is 6.80. The van der Waals surface area contributed by atoms with Gasteiger partial charge in [-0.3, -0.25) is 14.4 Å². The number of anilines is 1. The van der Waals surface area contributed by atoms with Crippen LogP contribution in [-0.4, -0.2) is 63.9 Å². The standard InChI is InChI=1S/C22H26ClN5O3S/c23-16-5-4-6-17(14-16)24-19(30)20-25-26-21(32-20)22(31)28-11-7-15(8-12-28)13-18(29)27-9-2-1-3-10-27/h4-6,14-15H,1-3,7-13H2,(H,24,30). The molecule has 4 rings (SSSR count). The van der Waals surface area contributed by atoms with E-state index in [1.807, 2.05) is 4.90 Å². The largest absolute Gasteiger partial charge is 0.343 e. The number of nitrogens with zero attached hydrogens (tertiary/aromatic N) is 4. The van der Waals surface area contributed by atoms with Gasteiger partial charge >= 0.3 is 0 Å². The normalized spacial score (nSPS) is 17.3. The summed E-state index contributed by atoms with van der Waals surface area (Å²) in [6.45, 7) is 2.92. The summed E-state index contributed by atoms with van der Waals surface area (Å²) in [5.41, 5.74) is 0.548. The van der Waals surface area contributed by atoms with E-state index in [4.69, 9.17) is 11.6 Å². The van der Waals surface area contributed by atoms with E-state index in [1.165, 1.54) is 6.42 Å². The number of hydrogen-bond donors (Lipinski definition) is 1. The maximum Gasteiger partial charge on any atom is 0.286 e. The van der Waals surface area contributed by atoms with E-state index in [2.05, 4.69) is 15.5 Å². The van der Waals surface area contributed by atoms with Crippen LogP contribution in [0.2, 0.25) is 5.02 Å². The van der Waals surface area contributed by atoms with Gasteiger partial charge in [0.15, 0.2) is 0 Å². The molecule has 8 nitrogen and oxygen atoms in total. The van der Waals surface area contributed by atoms with Crippen LogP contribution in [0.1, 0.15) is 58.1 Å². The second kappa shape index (κ2) is 10.4. The molecule has 1 aromatic heterocycles. The molecule has 0 atom stereocenters. The second-order valence-electron chi connectivity index (χ2n) is 8.26. The van der Waals surface area contributed by atoms with Gasteiger partial charge in [0, 0.05) is 43.3 Å². The van der Waals surface area contributed by atoms with E-state index in [0.29, 0.717) is 36.1 Å². The molecule has 2 aliphatic rings. The molecule has 0 unspecified atom stereocenters. The third-order valence-corrected chi connectivity index (χ3v) is 7.10. The van der Waals surface area contributed by atoms with Crippen LogP contribution in [0, 0.1) is 5.92 Å². The van der Waals surface area contributed by atoms with Gasteiger partial charge in [-0.1, -0.05) is 29.0 Å². The number of amides is 3. The van der Waals surface area contributed by atoms with Gasteiger partial charge in [0.2, 0.25) is 15.9 Å². The molecule has 2 fully saturated rings. The number of nitrogens with one attached hydrogen (secondary N) is 1. The van der Waals surface area contributed by atoms with E-state index < -0.39 is 5.91 Å². The number of hydrogen-bond acceptors (Lipinski definition) is 6. The molecule has 0 radical (unpaired) electrons. The molecule has 1 N–H and O–H groups in total. The van der Waals surface area contributed by atoms with Crippen molar-refractivity contribution in [2.45, 2.75) is 38.5 Å². The number of carbonyl (C=O) groups excluding carboxylic acids is 3. The molecule has 170 valence electrons. The maximum absolute atomic E-state index is 12.8. The monoisotopic (exact) mass is 475 g/mol. The Morgan fingerprint density at radius 2 is 1.72 bits per heavy atom. The van der Waals surface area contributed by atoms with Gasteiger partial charge in [0.25, 0.3) is 11.8 Å². The average Bonchev–Trinajstić information content (AvgIpc) is 3.30. The summed E-state index contributed by atoms with van der Waals surface area (Å²) in [6.07, 6.45) is 5.56. The molecule has 2 aliphatic heterocycles. The van der Waals surface area contributed by atoms with Crippen molar-refractivity contribution in [2.75, 3.05) is 31.5 Å². The first-order valence-corrected chi connectivity index (χ1v) is 12.2. The van der Waals surface area contributed by atoms with Gasteiger partial charge in [0.1, 0.15) is 0 Å². The molecule has 2 saturated heterocycles. The quantitative estimate of drug-likeness (QED) is 0.711. The number of rotatable bonds is 5. The highest BCUT2D eigenvalue weighted by Crippen LogP contribution is 2.25. The fourth-order valence-electron chi connectivity index (χ4n) is 4.15. The van der Waals surface area contributed by atoms with Crippen molar-refractivity contribution in [3.8, 4) is 0 Å². The van der Waals surface area contributed by atoms with Gasteiger partial charge in [-0.25, -0.2) is 0 Å². The summed E-state index contributed by atoms with van der Waals surface area (Å²) in [7, 11) is 0. The van der Waals surface area contributed by atoms with Gasteiger partial charge in [-0.05, 0) is 56.2 Å². The fraction of sp³-hybridized carbons (Fsp3) is 0.500. The van der Waals surface area contributed by atoms with Crippen molar-refractivity contribution in [1.82, 2.24) is 20.0 Å². The first-order chi connectivity index (χ1) is 15.5. The minimum absolute atomic E-state index is 0.121. The van der Waals surface area contributed by atoms with Gasteiger partial charge < -0.3 is 15.1 Å². The zero-order valence-corrected chi connectivity index (χ0v) is 19.3. The predicted octanol–water partition coefficient (Wildman–Crippen LogP) is 3.70. The fourth-order valence-corrected chi connectivity index (χ4v) is 5.04. The van der Waals surface area contributed by atoms with Crippen LogP contribution in [0.4, 0.5) is 5.69 Å². The summed E-state index contributed by atoms with van der Waals surface area (Å²) in [4.78, 5) is 41.5. The lowest BCUT2D eigenvalue weighted by molar-refractivity contribution is -0.133. The molecular weight excluding hydrogens is 450 g/mol. The smallest absolute Gasteiger partial charge is 0.286 e. The molecule has 0 aliphatic carbocycles. The zero-order chi connectivity index (χ0) is 22.5. The first-order valence-electron chi connectivity index (χ1n) is 11.0. The van der Waals surface area contributed by atoms with E-state index in [1.54, 1.807) is 29.2 Å². The Hall–Kier alpha value is -2.52. The van der Waals surface area contributed by atoms with E-state index in [9.17, 15) is 14.4 Å². The van der Waals surface area contributed by atoms with Gasteiger partial charge in [0.05, 0.1) is 0 Å². The maximum atomic E-state index is 12.8.